The van der Waals surface area contributed by atoms with Gasteiger partial charge in [-0.3, -0.25) is 0 Å². The summed E-state index contributed by atoms with van der Waals surface area (Å²) in [6, 6.07) is 4.40. The zero-order chi connectivity index (χ0) is 14.5. The maximum atomic E-state index is 6.21. The van der Waals surface area contributed by atoms with Gasteiger partial charge in [-0.25, -0.2) is 0 Å². The largest absolute Gasteiger partial charge is 0.484 e. The fourth-order valence-electron chi connectivity index (χ4n) is 3.19. The molecule has 0 bridgehead atoms. The second kappa shape index (κ2) is 4.37. The van der Waals surface area contributed by atoms with Crippen molar-refractivity contribution in [3.05, 3.63) is 23.3 Å². The number of ether oxygens (including phenoxy) is 2. The van der Waals surface area contributed by atoms with Crippen LogP contribution in [0.1, 0.15) is 51.3 Å². The van der Waals surface area contributed by atoms with Crippen molar-refractivity contribution in [3.8, 4) is 11.5 Å². The van der Waals surface area contributed by atoms with Crippen LogP contribution >= 0.6 is 0 Å². The number of benzene rings is 1. The number of nitrogens with one attached hydrogen (secondary N) is 1. The van der Waals surface area contributed by atoms with E-state index >= 15 is 0 Å². The van der Waals surface area contributed by atoms with Gasteiger partial charge in [0.2, 0.25) is 0 Å². The summed E-state index contributed by atoms with van der Waals surface area (Å²) in [4.78, 5) is 5.15. The summed E-state index contributed by atoms with van der Waals surface area (Å²) in [6.45, 7) is 8.41. The first-order chi connectivity index (χ1) is 9.31. The molecule has 0 radical (unpaired) electrons. The minimum absolute atomic E-state index is 0.122. The monoisotopic (exact) mass is 277 g/mol. The molecule has 1 N–H and O–H groups in total. The maximum Gasteiger partial charge on any atom is 0.167 e. The number of rotatable bonds is 2. The molecule has 110 valence electrons. The van der Waals surface area contributed by atoms with Gasteiger partial charge in [0.1, 0.15) is 11.2 Å². The number of hydroxylamine groups is 1. The SMILES string of the molecule is CONC1CC(C)(C)Oc2c1ccc1c2OC(C)(C)C1. The molecule has 4 heteroatoms. The number of fused-ring (bicyclic) bond motifs is 3. The van der Waals surface area contributed by atoms with Gasteiger partial charge >= 0.3 is 0 Å². The van der Waals surface area contributed by atoms with Crippen LogP contribution in [0, 0.1) is 0 Å². The molecular weight excluding hydrogens is 254 g/mol. The predicted molar refractivity (Wildman–Crippen MR) is 77.1 cm³/mol. The molecule has 2 aliphatic heterocycles. The molecule has 1 atom stereocenters. The molecule has 20 heavy (non-hydrogen) atoms. The average molecular weight is 277 g/mol. The molecular formula is C16H23NO3. The summed E-state index contributed by atoms with van der Waals surface area (Å²) in [5.41, 5.74) is 5.01. The highest BCUT2D eigenvalue weighted by atomic mass is 16.6. The lowest BCUT2D eigenvalue weighted by atomic mass is 9.89. The third-order valence-corrected chi connectivity index (χ3v) is 3.93. The molecule has 1 aromatic carbocycles. The summed E-state index contributed by atoms with van der Waals surface area (Å²) in [5.74, 6) is 1.78. The number of hydrogen-bond acceptors (Lipinski definition) is 4. The summed E-state index contributed by atoms with van der Waals surface area (Å²) >= 11 is 0. The average Bonchev–Trinajstić information content (AvgIpc) is 2.63. The van der Waals surface area contributed by atoms with Gasteiger partial charge in [-0.05, 0) is 27.7 Å². The van der Waals surface area contributed by atoms with Gasteiger partial charge in [0.15, 0.2) is 11.5 Å². The van der Waals surface area contributed by atoms with E-state index in [1.165, 1.54) is 5.56 Å². The normalized spacial score (nSPS) is 25.4. The van der Waals surface area contributed by atoms with Crippen molar-refractivity contribution in [2.24, 2.45) is 0 Å². The molecule has 3 rings (SSSR count). The Kier molecular flexibility index (Phi) is 2.99. The van der Waals surface area contributed by atoms with Crippen molar-refractivity contribution < 1.29 is 14.3 Å². The van der Waals surface area contributed by atoms with Crippen LogP contribution < -0.4 is 15.0 Å². The molecule has 0 saturated heterocycles. The van der Waals surface area contributed by atoms with Gasteiger partial charge in [0.25, 0.3) is 0 Å². The second-order valence-electron chi connectivity index (χ2n) is 6.95. The molecule has 0 spiro atoms. The van der Waals surface area contributed by atoms with Crippen LogP contribution in [0.15, 0.2) is 12.1 Å². The molecule has 0 aliphatic carbocycles. The summed E-state index contributed by atoms with van der Waals surface area (Å²) in [5, 5.41) is 0. The van der Waals surface area contributed by atoms with Gasteiger partial charge < -0.3 is 14.3 Å². The van der Waals surface area contributed by atoms with Crippen molar-refractivity contribution in [1.82, 2.24) is 5.48 Å². The third-order valence-electron chi connectivity index (χ3n) is 3.93. The van der Waals surface area contributed by atoms with Crippen LogP contribution in [0.5, 0.6) is 11.5 Å². The first kappa shape index (κ1) is 13.7. The summed E-state index contributed by atoms with van der Waals surface area (Å²) < 4.78 is 12.3. The molecule has 4 nitrogen and oxygen atoms in total. The second-order valence-corrected chi connectivity index (χ2v) is 6.95. The molecule has 1 aromatic rings. The Morgan fingerprint density at radius 3 is 2.50 bits per heavy atom. The highest BCUT2D eigenvalue weighted by Crippen LogP contribution is 2.50. The molecule has 0 aromatic heterocycles. The lowest BCUT2D eigenvalue weighted by molar-refractivity contribution is 0.0000233. The molecule has 0 fully saturated rings. The zero-order valence-electron chi connectivity index (χ0n) is 12.9. The van der Waals surface area contributed by atoms with Gasteiger partial charge in [-0.2, -0.15) is 5.48 Å². The van der Waals surface area contributed by atoms with Crippen molar-refractivity contribution in [3.63, 3.8) is 0 Å². The maximum absolute atomic E-state index is 6.21. The first-order valence-electron chi connectivity index (χ1n) is 7.14. The highest BCUT2D eigenvalue weighted by Gasteiger charge is 2.40. The van der Waals surface area contributed by atoms with Crippen molar-refractivity contribution in [2.75, 3.05) is 7.11 Å². The quantitative estimate of drug-likeness (QED) is 0.843. The number of hydrogen-bond donors (Lipinski definition) is 1. The Bertz CT molecular complexity index is 537. The van der Waals surface area contributed by atoms with E-state index in [0.29, 0.717) is 0 Å². The van der Waals surface area contributed by atoms with E-state index in [-0.39, 0.29) is 17.2 Å². The van der Waals surface area contributed by atoms with Crippen LogP contribution in [0.25, 0.3) is 0 Å². The fraction of sp³-hybridized carbons (Fsp3) is 0.625. The van der Waals surface area contributed by atoms with E-state index in [1.807, 2.05) is 0 Å². The minimum Gasteiger partial charge on any atom is -0.484 e. The van der Waals surface area contributed by atoms with Crippen LogP contribution in [0.2, 0.25) is 0 Å². The Hall–Kier alpha value is -1.26. The van der Waals surface area contributed by atoms with Crippen molar-refractivity contribution >= 4 is 0 Å². The van der Waals surface area contributed by atoms with E-state index < -0.39 is 0 Å². The van der Waals surface area contributed by atoms with E-state index in [2.05, 4.69) is 45.3 Å². The van der Waals surface area contributed by atoms with Gasteiger partial charge in [0, 0.05) is 24.0 Å². The standard InChI is InChI=1S/C16H23NO3/c1-15(2)8-10-6-7-11-12(17-18-5)9-16(3,4)20-14(11)13(10)19-15/h6-7,12,17H,8-9H2,1-5H3. The molecule has 1 unspecified atom stereocenters. The van der Waals surface area contributed by atoms with Crippen molar-refractivity contribution in [1.29, 1.82) is 0 Å². The fourth-order valence-corrected chi connectivity index (χ4v) is 3.19. The zero-order valence-corrected chi connectivity index (χ0v) is 12.9. The van der Waals surface area contributed by atoms with E-state index in [0.717, 1.165) is 29.9 Å². The Labute approximate surface area is 120 Å². The Balaban J connectivity index is 2.07. The molecule has 2 heterocycles. The topological polar surface area (TPSA) is 39.7 Å². The Morgan fingerprint density at radius 2 is 1.80 bits per heavy atom. The molecule has 0 saturated carbocycles. The van der Waals surface area contributed by atoms with Gasteiger partial charge in [-0.1, -0.05) is 12.1 Å². The lowest BCUT2D eigenvalue weighted by Gasteiger charge is -2.38. The van der Waals surface area contributed by atoms with E-state index in [1.54, 1.807) is 7.11 Å². The van der Waals surface area contributed by atoms with Crippen LogP contribution in [0.3, 0.4) is 0 Å². The minimum atomic E-state index is -0.242. The van der Waals surface area contributed by atoms with Gasteiger partial charge in [-0.15, -0.1) is 0 Å². The summed E-state index contributed by atoms with van der Waals surface area (Å²) in [6.07, 6.45) is 1.78. The smallest absolute Gasteiger partial charge is 0.167 e. The lowest BCUT2D eigenvalue weighted by Crippen LogP contribution is -2.39. The first-order valence-corrected chi connectivity index (χ1v) is 7.14. The van der Waals surface area contributed by atoms with Crippen molar-refractivity contribution in [2.45, 2.75) is 57.8 Å². The van der Waals surface area contributed by atoms with Crippen LogP contribution in [-0.2, 0) is 11.3 Å². The van der Waals surface area contributed by atoms with Crippen LogP contribution in [0.4, 0.5) is 0 Å². The predicted octanol–water partition coefficient (Wildman–Crippen LogP) is 3.15. The van der Waals surface area contributed by atoms with E-state index in [4.69, 9.17) is 14.3 Å². The van der Waals surface area contributed by atoms with Crippen LogP contribution in [-0.4, -0.2) is 18.3 Å². The van der Waals surface area contributed by atoms with Gasteiger partial charge in [0.05, 0.1) is 13.2 Å². The highest BCUT2D eigenvalue weighted by molar-refractivity contribution is 5.57. The Morgan fingerprint density at radius 1 is 1.10 bits per heavy atom. The summed E-state index contributed by atoms with van der Waals surface area (Å²) in [7, 11) is 1.65. The molecule has 0 amide bonds. The third kappa shape index (κ3) is 2.27. The molecule has 2 aliphatic rings. The van der Waals surface area contributed by atoms with E-state index in [9.17, 15) is 0 Å².